The first kappa shape index (κ1) is 13.5. The van der Waals surface area contributed by atoms with Crippen molar-refractivity contribution in [2.45, 2.75) is 52.4 Å². The number of aromatic nitrogens is 2. The fraction of sp³-hybridized carbons (Fsp3) is 0.647. The largest absolute Gasteiger partial charge is 0.356 e. The molecule has 0 unspecified atom stereocenters. The molecule has 4 rings (SSSR count). The van der Waals surface area contributed by atoms with E-state index in [1.54, 1.807) is 10.4 Å². The van der Waals surface area contributed by atoms with Crippen LogP contribution >= 0.6 is 11.3 Å². The number of aryl methyl sites for hydroxylation is 2. The van der Waals surface area contributed by atoms with Gasteiger partial charge < -0.3 is 4.90 Å². The first-order valence-corrected chi connectivity index (χ1v) is 9.08. The van der Waals surface area contributed by atoms with Crippen molar-refractivity contribution in [3.8, 4) is 0 Å². The van der Waals surface area contributed by atoms with Crippen molar-refractivity contribution in [1.29, 1.82) is 0 Å². The van der Waals surface area contributed by atoms with Crippen molar-refractivity contribution in [2.75, 3.05) is 18.0 Å². The Bertz CT molecular complexity index is 670. The number of hydrogen-bond donors (Lipinski definition) is 0. The van der Waals surface area contributed by atoms with Crippen LogP contribution in [0.4, 0.5) is 5.82 Å². The molecule has 2 aromatic rings. The first-order valence-electron chi connectivity index (χ1n) is 8.26. The van der Waals surface area contributed by atoms with E-state index in [2.05, 4.69) is 11.8 Å². The zero-order chi connectivity index (χ0) is 14.4. The highest BCUT2D eigenvalue weighted by molar-refractivity contribution is 7.19. The van der Waals surface area contributed by atoms with Gasteiger partial charge in [-0.2, -0.15) is 0 Å². The fourth-order valence-electron chi connectivity index (χ4n) is 3.76. The summed E-state index contributed by atoms with van der Waals surface area (Å²) in [5.41, 5.74) is 1.56. The third-order valence-electron chi connectivity index (χ3n) is 4.90. The summed E-state index contributed by atoms with van der Waals surface area (Å²) < 4.78 is 0. The maximum absolute atomic E-state index is 4.85. The molecule has 21 heavy (non-hydrogen) atoms. The predicted octanol–water partition coefficient (Wildman–Crippen LogP) is 4.11. The molecule has 0 bridgehead atoms. The van der Waals surface area contributed by atoms with Crippen molar-refractivity contribution in [2.24, 2.45) is 5.92 Å². The van der Waals surface area contributed by atoms with Gasteiger partial charge in [0.2, 0.25) is 0 Å². The van der Waals surface area contributed by atoms with Gasteiger partial charge in [-0.25, -0.2) is 9.97 Å². The molecular weight excluding hydrogens is 278 g/mol. The van der Waals surface area contributed by atoms with Crippen molar-refractivity contribution >= 4 is 27.4 Å². The molecule has 1 saturated heterocycles. The molecule has 4 heteroatoms. The van der Waals surface area contributed by atoms with Crippen LogP contribution in [0.3, 0.4) is 0 Å². The molecule has 1 aliphatic heterocycles. The Balaban J connectivity index is 1.88. The van der Waals surface area contributed by atoms with Gasteiger partial charge in [0, 0.05) is 18.0 Å². The van der Waals surface area contributed by atoms with Gasteiger partial charge in [0.1, 0.15) is 16.5 Å². The lowest BCUT2D eigenvalue weighted by atomic mass is 9.89. The van der Waals surface area contributed by atoms with E-state index in [4.69, 9.17) is 9.97 Å². The summed E-state index contributed by atoms with van der Waals surface area (Å²) in [5.74, 6) is 2.97. The van der Waals surface area contributed by atoms with Crippen molar-refractivity contribution < 1.29 is 0 Å². The maximum Gasteiger partial charge on any atom is 0.141 e. The molecule has 0 saturated carbocycles. The van der Waals surface area contributed by atoms with E-state index in [1.165, 1.54) is 54.6 Å². The molecule has 2 aromatic heterocycles. The lowest BCUT2D eigenvalue weighted by Gasteiger charge is -2.29. The Labute approximate surface area is 130 Å². The van der Waals surface area contributed by atoms with Gasteiger partial charge in [-0.3, -0.25) is 0 Å². The van der Waals surface area contributed by atoms with Crippen LogP contribution in [0.2, 0.25) is 0 Å². The van der Waals surface area contributed by atoms with E-state index in [0.717, 1.165) is 24.8 Å². The lowest BCUT2D eigenvalue weighted by molar-refractivity contribution is 0.509. The molecule has 2 aliphatic rings. The third kappa shape index (κ3) is 2.33. The van der Waals surface area contributed by atoms with Crippen molar-refractivity contribution in [3.05, 3.63) is 16.3 Å². The Morgan fingerprint density at radius 1 is 1.14 bits per heavy atom. The monoisotopic (exact) mass is 301 g/mol. The van der Waals surface area contributed by atoms with Gasteiger partial charge in [0.25, 0.3) is 0 Å². The minimum absolute atomic E-state index is 0.818. The number of thiophene rings is 1. The van der Waals surface area contributed by atoms with Gasteiger partial charge >= 0.3 is 0 Å². The molecule has 1 fully saturated rings. The zero-order valence-electron chi connectivity index (χ0n) is 13.0. The van der Waals surface area contributed by atoms with Crippen LogP contribution < -0.4 is 4.90 Å². The Morgan fingerprint density at radius 2 is 1.95 bits per heavy atom. The van der Waals surface area contributed by atoms with Crippen LogP contribution in [0.25, 0.3) is 10.2 Å². The number of fused-ring (bicyclic) bond motifs is 3. The highest BCUT2D eigenvalue weighted by atomic mass is 32.1. The third-order valence-corrected chi connectivity index (χ3v) is 6.05. The number of nitrogens with zero attached hydrogens (tertiary/aromatic N) is 3. The van der Waals surface area contributed by atoms with Crippen LogP contribution in [-0.4, -0.2) is 23.1 Å². The maximum atomic E-state index is 4.85. The molecule has 1 aliphatic carbocycles. The van der Waals surface area contributed by atoms with E-state index in [9.17, 15) is 0 Å². The predicted molar refractivity (Wildman–Crippen MR) is 89.4 cm³/mol. The van der Waals surface area contributed by atoms with Gasteiger partial charge in [0.05, 0.1) is 5.39 Å². The summed E-state index contributed by atoms with van der Waals surface area (Å²) >= 11 is 1.92. The highest BCUT2D eigenvalue weighted by Crippen LogP contribution is 2.41. The van der Waals surface area contributed by atoms with Crippen LogP contribution in [0.15, 0.2) is 0 Å². The summed E-state index contributed by atoms with van der Waals surface area (Å²) in [7, 11) is 0. The average Bonchev–Trinajstić information content (AvgIpc) is 2.84. The summed E-state index contributed by atoms with van der Waals surface area (Å²) in [6.45, 7) is 6.73. The molecular formula is C17H23N3S. The van der Waals surface area contributed by atoms with Crippen LogP contribution in [-0.2, 0) is 12.8 Å². The lowest BCUT2D eigenvalue weighted by Crippen LogP contribution is -2.30. The minimum Gasteiger partial charge on any atom is -0.356 e. The average molecular weight is 301 g/mol. The zero-order valence-corrected chi connectivity index (χ0v) is 13.8. The minimum atomic E-state index is 0.818. The summed E-state index contributed by atoms with van der Waals surface area (Å²) in [4.78, 5) is 14.9. The SMILES string of the molecule is Cc1nc(N2CCCCC2)c2c3c(sc2n1)C[C@H](C)CC3. The Kier molecular flexibility index (Phi) is 3.37. The smallest absolute Gasteiger partial charge is 0.141 e. The molecule has 3 nitrogen and oxygen atoms in total. The molecule has 0 N–H and O–H groups in total. The van der Waals surface area contributed by atoms with Gasteiger partial charge in [0.15, 0.2) is 0 Å². The van der Waals surface area contributed by atoms with E-state index in [0.29, 0.717) is 0 Å². The topological polar surface area (TPSA) is 29.0 Å². The Hall–Kier alpha value is -1.16. The normalized spacial score (nSPS) is 22.6. The second-order valence-electron chi connectivity index (χ2n) is 6.67. The molecule has 0 aromatic carbocycles. The number of anilines is 1. The number of rotatable bonds is 1. The summed E-state index contributed by atoms with van der Waals surface area (Å²) in [6.07, 6.45) is 7.72. The van der Waals surface area contributed by atoms with Crippen molar-refractivity contribution in [1.82, 2.24) is 9.97 Å². The molecule has 0 spiro atoms. The van der Waals surface area contributed by atoms with E-state index in [-0.39, 0.29) is 0 Å². The second-order valence-corrected chi connectivity index (χ2v) is 7.76. The standard InChI is InChI=1S/C17H23N3S/c1-11-6-7-13-14(10-11)21-17-15(13)16(18-12(2)19-17)20-8-4-3-5-9-20/h11H,3-10H2,1-2H3/t11-/m1/s1. The molecule has 112 valence electrons. The van der Waals surface area contributed by atoms with Crippen LogP contribution in [0.1, 0.15) is 48.9 Å². The number of piperidine rings is 1. The number of hydrogen-bond acceptors (Lipinski definition) is 4. The van der Waals surface area contributed by atoms with Crippen LogP contribution in [0, 0.1) is 12.8 Å². The molecule has 3 heterocycles. The highest BCUT2D eigenvalue weighted by Gasteiger charge is 2.25. The van der Waals surface area contributed by atoms with E-state index < -0.39 is 0 Å². The first-order chi connectivity index (χ1) is 10.2. The molecule has 0 radical (unpaired) electrons. The molecule has 1 atom stereocenters. The molecule has 0 amide bonds. The van der Waals surface area contributed by atoms with Crippen LogP contribution in [0.5, 0.6) is 0 Å². The second kappa shape index (κ2) is 5.24. The fourth-order valence-corrected chi connectivity index (χ4v) is 5.18. The van der Waals surface area contributed by atoms with E-state index >= 15 is 0 Å². The van der Waals surface area contributed by atoms with Crippen molar-refractivity contribution in [3.63, 3.8) is 0 Å². The Morgan fingerprint density at radius 3 is 2.76 bits per heavy atom. The van der Waals surface area contributed by atoms with Gasteiger partial charge in [-0.15, -0.1) is 11.3 Å². The summed E-state index contributed by atoms with van der Waals surface area (Å²) in [5, 5.41) is 1.38. The quantitative estimate of drug-likeness (QED) is 0.793. The van der Waals surface area contributed by atoms with Gasteiger partial charge in [-0.1, -0.05) is 6.92 Å². The summed E-state index contributed by atoms with van der Waals surface area (Å²) in [6, 6.07) is 0. The van der Waals surface area contributed by atoms with E-state index in [1.807, 2.05) is 18.3 Å². The van der Waals surface area contributed by atoms with Gasteiger partial charge in [-0.05, 0) is 56.9 Å².